The molecule has 1 amide bonds. The quantitative estimate of drug-likeness (QED) is 0.330. The first-order valence-electron chi connectivity index (χ1n) is 11.4. The van der Waals surface area contributed by atoms with Crippen LogP contribution in [0.15, 0.2) is 91.0 Å². The summed E-state index contributed by atoms with van der Waals surface area (Å²) in [6, 6.07) is 25.6. The Morgan fingerprint density at radius 2 is 1.19 bits per heavy atom. The van der Waals surface area contributed by atoms with Gasteiger partial charge in [-0.3, -0.25) is 14.4 Å². The zero-order valence-corrected chi connectivity index (χ0v) is 21.3. The van der Waals surface area contributed by atoms with Crippen molar-refractivity contribution in [2.24, 2.45) is 5.92 Å². The Balaban J connectivity index is 1.73. The number of hydrogen-bond donors (Lipinski definition) is 2. The minimum Gasteiger partial charge on any atom is -0.480 e. The fraction of sp³-hybridized carbons (Fsp3) is 0.214. The lowest BCUT2D eigenvalue weighted by atomic mass is 10.0. The first kappa shape index (κ1) is 27.2. The van der Waals surface area contributed by atoms with Gasteiger partial charge in [-0.25, -0.2) is 4.79 Å². The predicted molar refractivity (Wildman–Crippen MR) is 144 cm³/mol. The molecule has 0 heterocycles. The number of rotatable bonds is 11. The first-order chi connectivity index (χ1) is 17.3. The molecular weight excluding hydrogens is 494 g/mol. The van der Waals surface area contributed by atoms with Gasteiger partial charge in [0.1, 0.15) is 6.04 Å². The van der Waals surface area contributed by atoms with Gasteiger partial charge in [0.05, 0.1) is 10.5 Å². The van der Waals surface area contributed by atoms with E-state index in [0.717, 1.165) is 29.1 Å². The number of benzene rings is 3. The summed E-state index contributed by atoms with van der Waals surface area (Å²) in [6.45, 7) is 1.60. The molecule has 3 aromatic carbocycles. The van der Waals surface area contributed by atoms with Gasteiger partial charge >= 0.3 is 5.97 Å². The third kappa shape index (κ3) is 8.10. The molecule has 0 aliphatic rings. The van der Waals surface area contributed by atoms with Crippen LogP contribution in [-0.2, 0) is 16.0 Å². The standard InChI is InChI=1S/C28H27NO5S2/c1-19(24(30)29-23(25(31)32)18-17-20-11-5-2-6-12-20)28(35-26(33)21-13-7-3-8-14-21)36-27(34)22-15-9-4-10-16-22/h2-16,19,23,28H,17-18H2,1H3,(H,29,30)(H,31,32). The fourth-order valence-corrected chi connectivity index (χ4v) is 5.70. The average molecular weight is 522 g/mol. The Hall–Kier alpha value is -3.36. The van der Waals surface area contributed by atoms with Crippen LogP contribution in [0, 0.1) is 5.92 Å². The van der Waals surface area contributed by atoms with Crippen molar-refractivity contribution in [1.82, 2.24) is 5.32 Å². The molecule has 3 aromatic rings. The van der Waals surface area contributed by atoms with Crippen LogP contribution in [0.2, 0.25) is 0 Å². The highest BCUT2D eigenvalue weighted by Crippen LogP contribution is 2.35. The minimum atomic E-state index is -1.14. The molecule has 8 heteroatoms. The molecule has 2 unspecified atom stereocenters. The normalized spacial score (nSPS) is 12.5. The number of thioether (sulfide) groups is 2. The van der Waals surface area contributed by atoms with Crippen molar-refractivity contribution >= 4 is 45.6 Å². The van der Waals surface area contributed by atoms with Crippen LogP contribution in [0.4, 0.5) is 0 Å². The zero-order valence-electron chi connectivity index (χ0n) is 19.7. The monoisotopic (exact) mass is 521 g/mol. The molecule has 0 bridgehead atoms. The molecule has 0 aliphatic heterocycles. The van der Waals surface area contributed by atoms with Gasteiger partial charge in [0, 0.05) is 11.1 Å². The van der Waals surface area contributed by atoms with Crippen molar-refractivity contribution in [2.75, 3.05) is 0 Å². The highest BCUT2D eigenvalue weighted by atomic mass is 32.2. The maximum absolute atomic E-state index is 13.1. The van der Waals surface area contributed by atoms with Crippen LogP contribution >= 0.6 is 23.5 Å². The molecule has 2 atom stereocenters. The van der Waals surface area contributed by atoms with E-state index in [4.69, 9.17) is 0 Å². The molecule has 0 aromatic heterocycles. The van der Waals surface area contributed by atoms with E-state index in [1.54, 1.807) is 67.6 Å². The lowest BCUT2D eigenvalue weighted by Gasteiger charge is -2.23. The first-order valence-corrected chi connectivity index (χ1v) is 13.2. The van der Waals surface area contributed by atoms with Crippen molar-refractivity contribution in [1.29, 1.82) is 0 Å². The predicted octanol–water partition coefficient (Wildman–Crippen LogP) is 5.30. The summed E-state index contributed by atoms with van der Waals surface area (Å²) in [5.74, 6) is -2.48. The number of carbonyl (C=O) groups excluding carboxylic acids is 3. The maximum Gasteiger partial charge on any atom is 0.326 e. The lowest BCUT2D eigenvalue weighted by molar-refractivity contribution is -0.142. The van der Waals surface area contributed by atoms with Gasteiger partial charge in [-0.1, -0.05) is 121 Å². The van der Waals surface area contributed by atoms with Crippen molar-refractivity contribution in [3.8, 4) is 0 Å². The van der Waals surface area contributed by atoms with Crippen molar-refractivity contribution in [2.45, 2.75) is 30.4 Å². The average Bonchev–Trinajstić information content (AvgIpc) is 2.91. The van der Waals surface area contributed by atoms with Gasteiger partial charge in [-0.15, -0.1) is 0 Å². The second-order valence-electron chi connectivity index (χ2n) is 8.12. The number of nitrogens with one attached hydrogen (secondary N) is 1. The third-order valence-corrected chi connectivity index (χ3v) is 8.22. The van der Waals surface area contributed by atoms with Crippen LogP contribution in [-0.4, -0.2) is 37.8 Å². The summed E-state index contributed by atoms with van der Waals surface area (Å²) in [7, 11) is 0. The van der Waals surface area contributed by atoms with Gasteiger partial charge < -0.3 is 10.4 Å². The second-order valence-corrected chi connectivity index (χ2v) is 10.7. The smallest absolute Gasteiger partial charge is 0.326 e. The van der Waals surface area contributed by atoms with Crippen LogP contribution in [0.5, 0.6) is 0 Å². The molecule has 0 saturated carbocycles. The number of aryl methyl sites for hydroxylation is 1. The molecule has 2 N–H and O–H groups in total. The number of hydrogen-bond acceptors (Lipinski definition) is 6. The molecule has 0 fully saturated rings. The van der Waals surface area contributed by atoms with E-state index in [9.17, 15) is 24.3 Å². The second kappa shape index (κ2) is 13.7. The Kier molecular flexibility index (Phi) is 10.3. The molecule has 0 radical (unpaired) electrons. The van der Waals surface area contributed by atoms with E-state index in [0.29, 0.717) is 17.5 Å². The van der Waals surface area contributed by atoms with Gasteiger partial charge in [-0.2, -0.15) is 0 Å². The molecule has 3 rings (SSSR count). The van der Waals surface area contributed by atoms with Gasteiger partial charge in [0.25, 0.3) is 0 Å². The molecule has 6 nitrogen and oxygen atoms in total. The summed E-state index contributed by atoms with van der Waals surface area (Å²) >= 11 is 1.80. The van der Waals surface area contributed by atoms with Crippen LogP contribution in [0.25, 0.3) is 0 Å². The number of carboxylic acids is 1. The van der Waals surface area contributed by atoms with E-state index in [2.05, 4.69) is 5.32 Å². The van der Waals surface area contributed by atoms with E-state index in [-0.39, 0.29) is 16.7 Å². The molecule has 0 saturated heterocycles. The molecule has 0 spiro atoms. The highest BCUT2D eigenvalue weighted by Gasteiger charge is 2.32. The third-order valence-electron chi connectivity index (χ3n) is 5.47. The summed E-state index contributed by atoms with van der Waals surface area (Å²) in [4.78, 5) is 50.8. The summed E-state index contributed by atoms with van der Waals surface area (Å²) in [6.07, 6.45) is 0.701. The van der Waals surface area contributed by atoms with Crippen LogP contribution < -0.4 is 5.32 Å². The van der Waals surface area contributed by atoms with E-state index in [1.165, 1.54) is 0 Å². The molecular formula is C28H27NO5S2. The maximum atomic E-state index is 13.1. The number of aliphatic carboxylic acids is 1. The van der Waals surface area contributed by atoms with Gasteiger partial charge in [0.2, 0.25) is 16.1 Å². The fourth-order valence-electron chi connectivity index (χ4n) is 3.36. The Morgan fingerprint density at radius 1 is 0.750 bits per heavy atom. The summed E-state index contributed by atoms with van der Waals surface area (Å²) in [5.41, 5.74) is 1.88. The van der Waals surface area contributed by atoms with Crippen LogP contribution in [0.1, 0.15) is 39.6 Å². The number of carboxylic acid groups (broad SMARTS) is 1. The van der Waals surface area contributed by atoms with Crippen molar-refractivity contribution < 1.29 is 24.3 Å². The van der Waals surface area contributed by atoms with Crippen LogP contribution in [0.3, 0.4) is 0 Å². The lowest BCUT2D eigenvalue weighted by Crippen LogP contribution is -2.45. The zero-order chi connectivity index (χ0) is 25.9. The van der Waals surface area contributed by atoms with Gasteiger partial charge in [-0.05, 0) is 18.4 Å². The molecule has 0 aliphatic carbocycles. The molecule has 36 heavy (non-hydrogen) atoms. The summed E-state index contributed by atoms with van der Waals surface area (Å²) in [5, 5.41) is 11.7. The van der Waals surface area contributed by atoms with Gasteiger partial charge in [0.15, 0.2) is 0 Å². The summed E-state index contributed by atoms with van der Waals surface area (Å²) < 4.78 is -0.756. The minimum absolute atomic E-state index is 0.217. The highest BCUT2D eigenvalue weighted by molar-refractivity contribution is 8.30. The van der Waals surface area contributed by atoms with E-state index in [1.807, 2.05) is 30.3 Å². The largest absolute Gasteiger partial charge is 0.480 e. The number of carbonyl (C=O) groups is 4. The van der Waals surface area contributed by atoms with Crippen molar-refractivity contribution in [3.05, 3.63) is 108 Å². The van der Waals surface area contributed by atoms with E-state index < -0.39 is 28.4 Å². The van der Waals surface area contributed by atoms with Crippen molar-refractivity contribution in [3.63, 3.8) is 0 Å². The Bertz CT molecular complexity index is 1120. The molecule has 186 valence electrons. The topological polar surface area (TPSA) is 101 Å². The SMILES string of the molecule is CC(C(=O)NC(CCc1ccccc1)C(=O)O)C(SC(=O)c1ccccc1)SC(=O)c1ccccc1. The Morgan fingerprint density at radius 3 is 1.64 bits per heavy atom. The Labute approximate surface area is 218 Å². The van der Waals surface area contributed by atoms with E-state index >= 15 is 0 Å². The number of amides is 1.